The van der Waals surface area contributed by atoms with E-state index in [2.05, 4.69) is 50.1 Å². The second-order valence-electron chi connectivity index (χ2n) is 5.05. The number of ether oxygens (including phenoxy) is 1. The lowest BCUT2D eigenvalue weighted by Gasteiger charge is -2.15. The van der Waals surface area contributed by atoms with Crippen molar-refractivity contribution in [3.8, 4) is 5.75 Å². The predicted octanol–water partition coefficient (Wildman–Crippen LogP) is 4.61. The van der Waals surface area contributed by atoms with Gasteiger partial charge in [0.1, 0.15) is 5.75 Å². The second kappa shape index (κ2) is 7.97. The first-order chi connectivity index (χ1) is 10.1. The Bertz CT molecular complexity index is 582. The van der Waals surface area contributed by atoms with Crippen molar-refractivity contribution < 1.29 is 9.84 Å². The monoisotopic (exact) mass is 412 g/mol. The van der Waals surface area contributed by atoms with E-state index >= 15 is 0 Å². The Labute approximate surface area is 142 Å². The van der Waals surface area contributed by atoms with E-state index < -0.39 is 0 Å². The van der Waals surface area contributed by atoms with Crippen molar-refractivity contribution in [2.75, 3.05) is 13.7 Å². The molecular formula is C17H18Br2O2. The SMILES string of the molecule is COc1ccc(CC(CO)Cc2ccc(Br)cc2)cc1Br. The van der Waals surface area contributed by atoms with Crippen LogP contribution in [0.2, 0.25) is 0 Å². The van der Waals surface area contributed by atoms with Gasteiger partial charge in [-0.15, -0.1) is 0 Å². The molecule has 1 N–H and O–H groups in total. The summed E-state index contributed by atoms with van der Waals surface area (Å²) in [4.78, 5) is 0. The third kappa shape index (κ3) is 4.83. The van der Waals surface area contributed by atoms with Gasteiger partial charge in [0.15, 0.2) is 0 Å². The van der Waals surface area contributed by atoms with Crippen LogP contribution < -0.4 is 4.74 Å². The van der Waals surface area contributed by atoms with Crippen molar-refractivity contribution in [2.24, 2.45) is 5.92 Å². The first kappa shape index (κ1) is 16.5. The number of methoxy groups -OCH3 is 1. The Morgan fingerprint density at radius 3 is 2.19 bits per heavy atom. The largest absolute Gasteiger partial charge is 0.496 e. The van der Waals surface area contributed by atoms with Gasteiger partial charge in [0.2, 0.25) is 0 Å². The lowest BCUT2D eigenvalue weighted by atomic mass is 9.93. The number of benzene rings is 2. The third-order valence-corrected chi connectivity index (χ3v) is 4.58. The summed E-state index contributed by atoms with van der Waals surface area (Å²) in [5.41, 5.74) is 2.43. The molecule has 0 radical (unpaired) electrons. The molecule has 0 spiro atoms. The molecule has 2 nitrogen and oxygen atoms in total. The molecule has 2 aromatic carbocycles. The fourth-order valence-electron chi connectivity index (χ4n) is 2.33. The number of hydrogen-bond donors (Lipinski definition) is 1. The van der Waals surface area contributed by atoms with E-state index in [9.17, 15) is 5.11 Å². The van der Waals surface area contributed by atoms with Crippen molar-refractivity contribution in [1.82, 2.24) is 0 Å². The molecule has 0 heterocycles. The van der Waals surface area contributed by atoms with Gasteiger partial charge >= 0.3 is 0 Å². The van der Waals surface area contributed by atoms with Crippen LogP contribution in [0.15, 0.2) is 51.4 Å². The highest BCUT2D eigenvalue weighted by atomic mass is 79.9. The summed E-state index contributed by atoms with van der Waals surface area (Å²) in [5.74, 6) is 1.04. The average molecular weight is 414 g/mol. The Kier molecular flexibility index (Phi) is 6.27. The fraction of sp³-hybridized carbons (Fsp3) is 0.294. The van der Waals surface area contributed by atoms with Crippen LogP contribution in [0.25, 0.3) is 0 Å². The zero-order chi connectivity index (χ0) is 15.2. The van der Waals surface area contributed by atoms with Crippen LogP contribution in [0.4, 0.5) is 0 Å². The molecule has 21 heavy (non-hydrogen) atoms. The molecule has 4 heteroatoms. The van der Waals surface area contributed by atoms with Crippen LogP contribution >= 0.6 is 31.9 Å². The number of rotatable bonds is 6. The van der Waals surface area contributed by atoms with Crippen LogP contribution in [0.3, 0.4) is 0 Å². The molecule has 0 aliphatic rings. The van der Waals surface area contributed by atoms with Crippen molar-refractivity contribution in [1.29, 1.82) is 0 Å². The van der Waals surface area contributed by atoms with Crippen LogP contribution in [0.5, 0.6) is 5.75 Å². The molecule has 0 fully saturated rings. The maximum absolute atomic E-state index is 9.63. The second-order valence-corrected chi connectivity index (χ2v) is 6.82. The van der Waals surface area contributed by atoms with Crippen LogP contribution in [-0.4, -0.2) is 18.8 Å². The highest BCUT2D eigenvalue weighted by Crippen LogP contribution is 2.27. The summed E-state index contributed by atoms with van der Waals surface area (Å²) in [6.45, 7) is 0.180. The minimum absolute atomic E-state index is 0.180. The van der Waals surface area contributed by atoms with Gasteiger partial charge in [-0.2, -0.15) is 0 Å². The van der Waals surface area contributed by atoms with Gasteiger partial charge in [0.05, 0.1) is 11.6 Å². The highest BCUT2D eigenvalue weighted by molar-refractivity contribution is 9.10. The first-order valence-electron chi connectivity index (χ1n) is 6.80. The molecular weight excluding hydrogens is 396 g/mol. The summed E-state index contributed by atoms with van der Waals surface area (Å²) in [6, 6.07) is 14.3. The molecule has 1 atom stereocenters. The van der Waals surface area contributed by atoms with Gasteiger partial charge in [-0.05, 0) is 70.1 Å². The van der Waals surface area contributed by atoms with E-state index in [-0.39, 0.29) is 12.5 Å². The summed E-state index contributed by atoms with van der Waals surface area (Å²) in [6.07, 6.45) is 1.71. The molecule has 0 aromatic heterocycles. The Morgan fingerprint density at radius 2 is 1.62 bits per heavy atom. The molecule has 0 amide bonds. The quantitative estimate of drug-likeness (QED) is 0.748. The van der Waals surface area contributed by atoms with E-state index in [1.807, 2.05) is 24.3 Å². The average Bonchev–Trinajstić information content (AvgIpc) is 2.49. The predicted molar refractivity (Wildman–Crippen MR) is 92.8 cm³/mol. The zero-order valence-corrected chi connectivity index (χ0v) is 15.0. The molecule has 0 saturated carbocycles. The molecule has 0 bridgehead atoms. The molecule has 112 valence electrons. The Morgan fingerprint density at radius 1 is 1.00 bits per heavy atom. The normalized spacial score (nSPS) is 12.2. The van der Waals surface area contributed by atoms with Crippen LogP contribution in [-0.2, 0) is 12.8 Å². The van der Waals surface area contributed by atoms with Gasteiger partial charge in [0, 0.05) is 11.1 Å². The number of aliphatic hydroxyl groups is 1. The van der Waals surface area contributed by atoms with Gasteiger partial charge in [-0.3, -0.25) is 0 Å². The molecule has 1 unspecified atom stereocenters. The lowest BCUT2D eigenvalue weighted by molar-refractivity contribution is 0.225. The van der Waals surface area contributed by atoms with Crippen LogP contribution in [0, 0.1) is 5.92 Å². The van der Waals surface area contributed by atoms with E-state index in [1.165, 1.54) is 11.1 Å². The van der Waals surface area contributed by atoms with Crippen molar-refractivity contribution in [3.63, 3.8) is 0 Å². The number of aliphatic hydroxyl groups excluding tert-OH is 1. The molecule has 0 aliphatic heterocycles. The number of halogens is 2. The van der Waals surface area contributed by atoms with Gasteiger partial charge in [0.25, 0.3) is 0 Å². The highest BCUT2D eigenvalue weighted by Gasteiger charge is 2.11. The smallest absolute Gasteiger partial charge is 0.133 e. The standard InChI is InChI=1S/C17H18Br2O2/c1-21-17-7-4-13(10-16(17)19)9-14(11-20)8-12-2-5-15(18)6-3-12/h2-7,10,14,20H,8-9,11H2,1H3. The molecule has 2 rings (SSSR count). The van der Waals surface area contributed by atoms with Crippen LogP contribution in [0.1, 0.15) is 11.1 Å². The van der Waals surface area contributed by atoms with Gasteiger partial charge in [-0.25, -0.2) is 0 Å². The Balaban J connectivity index is 2.05. The van der Waals surface area contributed by atoms with E-state index in [4.69, 9.17) is 4.74 Å². The maximum Gasteiger partial charge on any atom is 0.133 e. The summed E-state index contributed by atoms with van der Waals surface area (Å²) in [7, 11) is 1.66. The minimum atomic E-state index is 0.180. The lowest BCUT2D eigenvalue weighted by Crippen LogP contribution is -2.13. The molecule has 0 aliphatic carbocycles. The fourth-order valence-corrected chi connectivity index (χ4v) is 3.18. The van der Waals surface area contributed by atoms with Gasteiger partial charge < -0.3 is 9.84 Å². The third-order valence-electron chi connectivity index (χ3n) is 3.44. The van der Waals surface area contributed by atoms with E-state index in [0.29, 0.717) is 0 Å². The zero-order valence-electron chi connectivity index (χ0n) is 11.9. The van der Waals surface area contributed by atoms with E-state index in [1.54, 1.807) is 7.11 Å². The minimum Gasteiger partial charge on any atom is -0.496 e. The Hall–Kier alpha value is -0.840. The maximum atomic E-state index is 9.63. The summed E-state index contributed by atoms with van der Waals surface area (Å²) >= 11 is 6.94. The van der Waals surface area contributed by atoms with Crippen molar-refractivity contribution in [3.05, 3.63) is 62.5 Å². The molecule has 0 saturated heterocycles. The first-order valence-corrected chi connectivity index (χ1v) is 8.38. The van der Waals surface area contributed by atoms with Crippen molar-refractivity contribution >= 4 is 31.9 Å². The number of hydrogen-bond acceptors (Lipinski definition) is 2. The topological polar surface area (TPSA) is 29.5 Å². The van der Waals surface area contributed by atoms with Gasteiger partial charge in [-0.1, -0.05) is 34.1 Å². The summed E-state index contributed by atoms with van der Waals surface area (Å²) < 4.78 is 7.26. The molecule has 2 aromatic rings. The van der Waals surface area contributed by atoms with Crippen molar-refractivity contribution in [2.45, 2.75) is 12.8 Å². The summed E-state index contributed by atoms with van der Waals surface area (Å²) in [5, 5.41) is 9.63. The van der Waals surface area contributed by atoms with E-state index in [0.717, 1.165) is 27.5 Å².